The van der Waals surface area contributed by atoms with E-state index in [0.29, 0.717) is 6.04 Å². The Labute approximate surface area is 92.0 Å². The summed E-state index contributed by atoms with van der Waals surface area (Å²) in [6.07, 6.45) is 0. The second-order valence-electron chi connectivity index (χ2n) is 3.88. The number of nitrogens with two attached hydrogens (primary N) is 1. The summed E-state index contributed by atoms with van der Waals surface area (Å²) in [6, 6.07) is 0.575. The molecule has 0 aromatic heterocycles. The Morgan fingerprint density at radius 3 is 2.86 bits per heavy atom. The van der Waals surface area contributed by atoms with Crippen molar-refractivity contribution in [2.45, 2.75) is 13.0 Å². The molecular weight excluding hydrogens is 194 g/mol. The summed E-state index contributed by atoms with van der Waals surface area (Å²) in [6.45, 7) is 7.72. The highest BCUT2D eigenvalue weighted by Gasteiger charge is 2.23. The van der Waals surface area contributed by atoms with E-state index >= 15 is 0 Å². The van der Waals surface area contributed by atoms with Crippen LogP contribution in [0.4, 0.5) is 0 Å². The molecule has 0 bridgehead atoms. The summed E-state index contributed by atoms with van der Waals surface area (Å²) in [5.74, 6) is 2.47. The lowest BCUT2D eigenvalue weighted by Crippen LogP contribution is -2.55. The molecule has 0 spiro atoms. The van der Waals surface area contributed by atoms with Crippen LogP contribution in [0.5, 0.6) is 0 Å². The van der Waals surface area contributed by atoms with Gasteiger partial charge in [-0.25, -0.2) is 0 Å². The summed E-state index contributed by atoms with van der Waals surface area (Å²) in [5, 5.41) is 0. The van der Waals surface area contributed by atoms with Gasteiger partial charge in [0.1, 0.15) is 0 Å². The first kappa shape index (κ1) is 12.3. The predicted octanol–water partition coefficient (Wildman–Crippen LogP) is 0.314. The summed E-state index contributed by atoms with van der Waals surface area (Å²) < 4.78 is 0. The Hall–Kier alpha value is 0.230. The molecule has 1 fully saturated rings. The molecule has 0 aromatic rings. The first-order valence-electron chi connectivity index (χ1n) is 5.48. The number of likely N-dealkylation sites (N-methyl/N-ethyl adjacent to an activating group) is 1. The van der Waals surface area contributed by atoms with Crippen LogP contribution >= 0.6 is 11.8 Å². The van der Waals surface area contributed by atoms with Gasteiger partial charge in [0, 0.05) is 44.5 Å². The van der Waals surface area contributed by atoms with Gasteiger partial charge in [0.05, 0.1) is 0 Å². The first-order chi connectivity index (χ1) is 6.77. The molecule has 1 saturated heterocycles. The monoisotopic (exact) mass is 217 g/mol. The smallest absolute Gasteiger partial charge is 0.0346 e. The standard InChI is InChI=1S/C10H23N3S/c1-3-14-7-6-13-5-4-12(2)9-10(13)8-11/h10H,3-9,11H2,1-2H3. The van der Waals surface area contributed by atoms with Gasteiger partial charge >= 0.3 is 0 Å². The predicted molar refractivity (Wildman–Crippen MR) is 64.9 cm³/mol. The molecule has 3 nitrogen and oxygen atoms in total. The van der Waals surface area contributed by atoms with E-state index in [1.807, 2.05) is 11.8 Å². The molecule has 1 atom stereocenters. The molecule has 0 saturated carbocycles. The van der Waals surface area contributed by atoms with Crippen molar-refractivity contribution < 1.29 is 0 Å². The summed E-state index contributed by atoms with van der Waals surface area (Å²) >= 11 is 2.02. The van der Waals surface area contributed by atoms with Gasteiger partial charge in [0.25, 0.3) is 0 Å². The van der Waals surface area contributed by atoms with Crippen molar-refractivity contribution in [1.29, 1.82) is 0 Å². The average molecular weight is 217 g/mol. The number of nitrogens with zero attached hydrogens (tertiary/aromatic N) is 2. The summed E-state index contributed by atoms with van der Waals surface area (Å²) in [4.78, 5) is 4.92. The van der Waals surface area contributed by atoms with Gasteiger partial charge in [-0.2, -0.15) is 11.8 Å². The van der Waals surface area contributed by atoms with Crippen molar-refractivity contribution in [3.05, 3.63) is 0 Å². The second kappa shape index (κ2) is 6.67. The zero-order valence-corrected chi connectivity index (χ0v) is 10.2. The Bertz CT molecular complexity index is 154. The number of thioether (sulfide) groups is 1. The topological polar surface area (TPSA) is 32.5 Å². The van der Waals surface area contributed by atoms with Crippen LogP contribution in [0.25, 0.3) is 0 Å². The number of hydrogen-bond donors (Lipinski definition) is 1. The molecule has 14 heavy (non-hydrogen) atoms. The SMILES string of the molecule is CCSCCN1CCN(C)CC1CN. The average Bonchev–Trinajstić information content (AvgIpc) is 2.20. The minimum atomic E-state index is 0.575. The lowest BCUT2D eigenvalue weighted by atomic mass is 10.2. The fourth-order valence-electron chi connectivity index (χ4n) is 1.89. The van der Waals surface area contributed by atoms with Gasteiger partial charge in [-0.3, -0.25) is 4.90 Å². The molecule has 0 radical (unpaired) electrons. The molecule has 1 aliphatic heterocycles. The third-order valence-electron chi connectivity index (χ3n) is 2.81. The zero-order valence-electron chi connectivity index (χ0n) is 9.41. The van der Waals surface area contributed by atoms with Crippen LogP contribution in [0.1, 0.15) is 6.92 Å². The van der Waals surface area contributed by atoms with Crippen molar-refractivity contribution in [1.82, 2.24) is 9.80 Å². The molecule has 84 valence electrons. The first-order valence-corrected chi connectivity index (χ1v) is 6.63. The molecule has 0 amide bonds. The Balaban J connectivity index is 2.27. The molecule has 1 heterocycles. The molecule has 1 unspecified atom stereocenters. The van der Waals surface area contributed by atoms with Crippen LogP contribution in [0.3, 0.4) is 0 Å². The van der Waals surface area contributed by atoms with E-state index in [9.17, 15) is 0 Å². The largest absolute Gasteiger partial charge is 0.329 e. The van der Waals surface area contributed by atoms with Crippen LogP contribution in [-0.4, -0.2) is 67.1 Å². The van der Waals surface area contributed by atoms with E-state index in [-0.39, 0.29) is 0 Å². The molecule has 4 heteroatoms. The Morgan fingerprint density at radius 1 is 1.43 bits per heavy atom. The van der Waals surface area contributed by atoms with Gasteiger partial charge in [-0.1, -0.05) is 6.92 Å². The quantitative estimate of drug-likeness (QED) is 0.672. The maximum absolute atomic E-state index is 5.78. The lowest BCUT2D eigenvalue weighted by Gasteiger charge is -2.39. The Morgan fingerprint density at radius 2 is 2.21 bits per heavy atom. The highest BCUT2D eigenvalue weighted by molar-refractivity contribution is 7.99. The van der Waals surface area contributed by atoms with Crippen molar-refractivity contribution in [2.24, 2.45) is 5.73 Å². The third kappa shape index (κ3) is 3.77. The van der Waals surface area contributed by atoms with E-state index < -0.39 is 0 Å². The lowest BCUT2D eigenvalue weighted by molar-refractivity contribution is 0.101. The highest BCUT2D eigenvalue weighted by Crippen LogP contribution is 2.09. The zero-order chi connectivity index (χ0) is 10.4. The van der Waals surface area contributed by atoms with Crippen molar-refractivity contribution in [3.63, 3.8) is 0 Å². The third-order valence-corrected chi connectivity index (χ3v) is 3.69. The van der Waals surface area contributed by atoms with Crippen LogP contribution in [0.2, 0.25) is 0 Å². The van der Waals surface area contributed by atoms with Crippen molar-refractivity contribution in [2.75, 3.05) is 51.3 Å². The van der Waals surface area contributed by atoms with E-state index in [1.54, 1.807) is 0 Å². The minimum absolute atomic E-state index is 0.575. The van der Waals surface area contributed by atoms with E-state index in [1.165, 1.54) is 31.1 Å². The van der Waals surface area contributed by atoms with Crippen LogP contribution in [0.15, 0.2) is 0 Å². The maximum atomic E-state index is 5.78. The van der Waals surface area contributed by atoms with E-state index in [4.69, 9.17) is 5.73 Å². The normalized spacial score (nSPS) is 25.5. The molecule has 0 aliphatic carbocycles. The van der Waals surface area contributed by atoms with Crippen molar-refractivity contribution in [3.8, 4) is 0 Å². The summed E-state index contributed by atoms with van der Waals surface area (Å²) in [5.41, 5.74) is 5.78. The second-order valence-corrected chi connectivity index (χ2v) is 5.28. The van der Waals surface area contributed by atoms with Crippen LogP contribution < -0.4 is 5.73 Å². The minimum Gasteiger partial charge on any atom is -0.329 e. The van der Waals surface area contributed by atoms with E-state index in [0.717, 1.165) is 13.1 Å². The molecule has 0 aromatic carbocycles. The molecule has 1 aliphatic rings. The summed E-state index contributed by atoms with van der Waals surface area (Å²) in [7, 11) is 2.18. The van der Waals surface area contributed by atoms with Crippen molar-refractivity contribution >= 4 is 11.8 Å². The highest BCUT2D eigenvalue weighted by atomic mass is 32.2. The maximum Gasteiger partial charge on any atom is 0.0346 e. The van der Waals surface area contributed by atoms with Gasteiger partial charge in [-0.05, 0) is 12.8 Å². The van der Waals surface area contributed by atoms with E-state index in [2.05, 4.69) is 23.8 Å². The number of piperazine rings is 1. The van der Waals surface area contributed by atoms with Crippen LogP contribution in [0, 0.1) is 0 Å². The van der Waals surface area contributed by atoms with Crippen LogP contribution in [-0.2, 0) is 0 Å². The van der Waals surface area contributed by atoms with Gasteiger partial charge in [-0.15, -0.1) is 0 Å². The number of hydrogen-bond acceptors (Lipinski definition) is 4. The fraction of sp³-hybridized carbons (Fsp3) is 1.00. The van der Waals surface area contributed by atoms with Gasteiger partial charge < -0.3 is 10.6 Å². The van der Waals surface area contributed by atoms with Gasteiger partial charge in [0.15, 0.2) is 0 Å². The fourth-order valence-corrected chi connectivity index (χ4v) is 2.54. The molecule has 2 N–H and O–H groups in total. The molecule has 1 rings (SSSR count). The Kier molecular flexibility index (Phi) is 5.86. The van der Waals surface area contributed by atoms with Gasteiger partial charge in [0.2, 0.25) is 0 Å². The number of rotatable bonds is 5. The molecular formula is C10H23N3S.